The highest BCUT2D eigenvalue weighted by molar-refractivity contribution is 5.82. The van der Waals surface area contributed by atoms with Gasteiger partial charge in [0.25, 0.3) is 0 Å². The van der Waals surface area contributed by atoms with Gasteiger partial charge in [0.2, 0.25) is 5.91 Å². The predicted octanol–water partition coefficient (Wildman–Crippen LogP) is 3.60. The first-order valence-corrected chi connectivity index (χ1v) is 8.83. The first-order valence-electron chi connectivity index (χ1n) is 8.83. The smallest absolute Gasteiger partial charge is 0.224 e. The van der Waals surface area contributed by atoms with Gasteiger partial charge in [-0.05, 0) is 57.2 Å². The molecule has 2 atom stereocenters. The van der Waals surface area contributed by atoms with E-state index in [-0.39, 0.29) is 11.8 Å². The van der Waals surface area contributed by atoms with Gasteiger partial charge in [0.05, 0.1) is 11.2 Å². The van der Waals surface area contributed by atoms with Crippen molar-refractivity contribution in [2.24, 2.45) is 11.8 Å². The van der Waals surface area contributed by atoms with Gasteiger partial charge in [-0.15, -0.1) is 0 Å². The number of amides is 1. The van der Waals surface area contributed by atoms with Crippen LogP contribution in [0.5, 0.6) is 0 Å². The molecule has 0 aromatic carbocycles. The van der Waals surface area contributed by atoms with Crippen molar-refractivity contribution in [1.82, 2.24) is 14.9 Å². The summed E-state index contributed by atoms with van der Waals surface area (Å²) in [4.78, 5) is 17.4. The summed E-state index contributed by atoms with van der Waals surface area (Å²) in [5.41, 5.74) is 1.54. The summed E-state index contributed by atoms with van der Waals surface area (Å²) in [6, 6.07) is 6.29. The van der Waals surface area contributed by atoms with Crippen LogP contribution in [0, 0.1) is 11.8 Å². The van der Waals surface area contributed by atoms with Gasteiger partial charge in [-0.2, -0.15) is 0 Å². The van der Waals surface area contributed by atoms with Crippen LogP contribution < -0.4 is 5.32 Å². The molecule has 1 fully saturated rings. The lowest BCUT2D eigenvalue weighted by atomic mass is 9.98. The number of carbonyl (C=O) groups excluding carboxylic acids is 1. The van der Waals surface area contributed by atoms with Crippen molar-refractivity contribution in [3.8, 4) is 0 Å². The second kappa shape index (κ2) is 5.36. The molecule has 23 heavy (non-hydrogen) atoms. The lowest BCUT2D eigenvalue weighted by molar-refractivity contribution is -0.124. The van der Waals surface area contributed by atoms with E-state index in [2.05, 4.69) is 42.1 Å². The van der Waals surface area contributed by atoms with E-state index in [1.165, 1.54) is 31.1 Å². The highest BCUT2D eigenvalue weighted by Crippen LogP contribution is 2.43. The molecular formula is C19H25N3O. The van der Waals surface area contributed by atoms with Crippen LogP contribution in [0.4, 0.5) is 0 Å². The number of nitrogens with zero attached hydrogens (tertiary/aromatic N) is 2. The third kappa shape index (κ3) is 2.75. The molecule has 4 nitrogen and oxygen atoms in total. The number of aryl methyl sites for hydroxylation is 1. The Labute approximate surface area is 137 Å². The molecule has 2 aliphatic rings. The summed E-state index contributed by atoms with van der Waals surface area (Å²) < 4.78 is 2.25. The molecule has 2 aromatic heterocycles. The lowest BCUT2D eigenvalue weighted by Gasteiger charge is -2.26. The van der Waals surface area contributed by atoms with Crippen molar-refractivity contribution < 1.29 is 4.79 Å². The average Bonchev–Trinajstić information content (AvgIpc) is 3.18. The third-order valence-electron chi connectivity index (χ3n) is 5.42. The fourth-order valence-electron chi connectivity index (χ4n) is 3.81. The minimum absolute atomic E-state index is 0.203. The van der Waals surface area contributed by atoms with E-state index >= 15 is 0 Å². The number of carbonyl (C=O) groups is 1. The van der Waals surface area contributed by atoms with Crippen LogP contribution >= 0.6 is 0 Å². The van der Waals surface area contributed by atoms with Gasteiger partial charge in [-0.1, -0.05) is 12.8 Å². The first-order chi connectivity index (χ1) is 11.0. The summed E-state index contributed by atoms with van der Waals surface area (Å²) in [5.74, 6) is 1.03. The number of nitrogens with one attached hydrogen (secondary N) is 1. The standard InChI is InChI=1S/C19H25N3O/c1-19(2)16-8-7-13-9-11-22(17(13)20-16)10-5-3-4-6-14-12-15(14)18(23)21-19/h7-9,11,14-15H,3-6,10,12H2,1-2H3,(H,21,23). The number of pyridine rings is 1. The Morgan fingerprint density at radius 1 is 1.22 bits per heavy atom. The second-order valence-corrected chi connectivity index (χ2v) is 7.68. The maximum atomic E-state index is 12.5. The molecule has 1 saturated carbocycles. The van der Waals surface area contributed by atoms with E-state index in [0.717, 1.165) is 24.3 Å². The molecule has 4 rings (SSSR count). The fraction of sp³-hybridized carbons (Fsp3) is 0.579. The fourth-order valence-corrected chi connectivity index (χ4v) is 3.81. The number of fused-ring (bicyclic) bond motifs is 2. The topological polar surface area (TPSA) is 46.9 Å². The minimum Gasteiger partial charge on any atom is -0.345 e. The molecule has 0 saturated heterocycles. The molecular weight excluding hydrogens is 286 g/mol. The van der Waals surface area contributed by atoms with Gasteiger partial charge in [-0.25, -0.2) is 4.98 Å². The first kappa shape index (κ1) is 14.7. The quantitative estimate of drug-likeness (QED) is 0.808. The van der Waals surface area contributed by atoms with Crippen molar-refractivity contribution in [3.05, 3.63) is 30.1 Å². The number of hydrogen-bond acceptors (Lipinski definition) is 2. The number of aromatic nitrogens is 2. The predicted molar refractivity (Wildman–Crippen MR) is 91.0 cm³/mol. The summed E-state index contributed by atoms with van der Waals surface area (Å²) in [7, 11) is 0. The van der Waals surface area contributed by atoms with Crippen LogP contribution in [-0.4, -0.2) is 15.5 Å². The van der Waals surface area contributed by atoms with Crippen LogP contribution in [-0.2, 0) is 16.9 Å². The third-order valence-corrected chi connectivity index (χ3v) is 5.42. The summed E-state index contributed by atoms with van der Waals surface area (Å²) in [6.07, 6.45) is 8.04. The molecule has 2 unspecified atom stereocenters. The Morgan fingerprint density at radius 2 is 2.09 bits per heavy atom. The largest absolute Gasteiger partial charge is 0.345 e. The Bertz CT molecular complexity index is 746. The molecule has 4 heteroatoms. The van der Waals surface area contributed by atoms with Crippen molar-refractivity contribution >= 4 is 16.9 Å². The normalized spacial score (nSPS) is 27.3. The van der Waals surface area contributed by atoms with Crippen molar-refractivity contribution in [2.45, 2.75) is 58.0 Å². The Hall–Kier alpha value is -1.84. The van der Waals surface area contributed by atoms with Crippen LogP contribution in [0.2, 0.25) is 0 Å². The van der Waals surface area contributed by atoms with Gasteiger partial charge < -0.3 is 9.88 Å². The Balaban J connectivity index is 1.71. The second-order valence-electron chi connectivity index (χ2n) is 7.68. The summed E-state index contributed by atoms with van der Waals surface area (Å²) >= 11 is 0. The maximum absolute atomic E-state index is 12.5. The van der Waals surface area contributed by atoms with E-state index in [1.807, 2.05) is 6.07 Å². The average molecular weight is 311 g/mol. The zero-order chi connectivity index (χ0) is 16.0. The SMILES string of the molecule is CC1(C)NC(=O)C2CC2CCCCCn2ccc3ccc1nc32. The zero-order valence-corrected chi connectivity index (χ0v) is 14.0. The van der Waals surface area contributed by atoms with E-state index in [1.54, 1.807) is 0 Å². The van der Waals surface area contributed by atoms with Crippen molar-refractivity contribution in [2.75, 3.05) is 0 Å². The summed E-state index contributed by atoms with van der Waals surface area (Å²) in [6.45, 7) is 5.13. The molecule has 1 N–H and O–H groups in total. The Morgan fingerprint density at radius 3 is 2.96 bits per heavy atom. The van der Waals surface area contributed by atoms with Gasteiger partial charge in [0.1, 0.15) is 5.65 Å². The molecule has 0 radical (unpaired) electrons. The van der Waals surface area contributed by atoms with E-state index in [0.29, 0.717) is 5.92 Å². The van der Waals surface area contributed by atoms with Crippen LogP contribution in [0.25, 0.3) is 11.0 Å². The van der Waals surface area contributed by atoms with Crippen LogP contribution in [0.15, 0.2) is 24.4 Å². The zero-order valence-electron chi connectivity index (χ0n) is 14.0. The van der Waals surface area contributed by atoms with Crippen molar-refractivity contribution in [1.29, 1.82) is 0 Å². The molecule has 2 aromatic rings. The molecule has 0 spiro atoms. The van der Waals surface area contributed by atoms with Gasteiger partial charge in [0.15, 0.2) is 0 Å². The molecule has 2 bridgehead atoms. The monoisotopic (exact) mass is 311 g/mol. The van der Waals surface area contributed by atoms with Gasteiger partial charge in [0, 0.05) is 24.0 Å². The van der Waals surface area contributed by atoms with E-state index in [4.69, 9.17) is 4.98 Å². The van der Waals surface area contributed by atoms with E-state index < -0.39 is 5.54 Å². The number of hydrogen-bond donors (Lipinski definition) is 1. The molecule has 1 aliphatic carbocycles. The van der Waals surface area contributed by atoms with Gasteiger partial charge >= 0.3 is 0 Å². The lowest BCUT2D eigenvalue weighted by Crippen LogP contribution is -2.42. The highest BCUT2D eigenvalue weighted by Gasteiger charge is 2.43. The van der Waals surface area contributed by atoms with Crippen LogP contribution in [0.3, 0.4) is 0 Å². The Kier molecular flexibility index (Phi) is 3.43. The highest BCUT2D eigenvalue weighted by atomic mass is 16.2. The van der Waals surface area contributed by atoms with Gasteiger partial charge in [-0.3, -0.25) is 4.79 Å². The van der Waals surface area contributed by atoms with E-state index in [9.17, 15) is 4.79 Å². The molecule has 122 valence electrons. The molecule has 3 heterocycles. The van der Waals surface area contributed by atoms with Crippen molar-refractivity contribution in [3.63, 3.8) is 0 Å². The summed E-state index contributed by atoms with van der Waals surface area (Å²) in [5, 5.41) is 4.40. The minimum atomic E-state index is -0.433. The maximum Gasteiger partial charge on any atom is 0.224 e. The molecule has 1 aliphatic heterocycles. The number of rotatable bonds is 0. The molecule has 1 amide bonds. The van der Waals surface area contributed by atoms with Crippen LogP contribution in [0.1, 0.15) is 51.6 Å².